The first-order valence-corrected chi connectivity index (χ1v) is 10.8. The van der Waals surface area contributed by atoms with Gasteiger partial charge in [-0.2, -0.15) is 0 Å². The Kier molecular flexibility index (Phi) is 6.08. The first-order chi connectivity index (χ1) is 15.4. The minimum absolute atomic E-state index is 0.0455. The third kappa shape index (κ3) is 4.15. The molecule has 0 atom stereocenters. The van der Waals surface area contributed by atoms with Crippen LogP contribution in [0.5, 0.6) is 0 Å². The van der Waals surface area contributed by atoms with Gasteiger partial charge in [0.1, 0.15) is 5.82 Å². The van der Waals surface area contributed by atoms with Crippen molar-refractivity contribution in [3.8, 4) is 11.1 Å². The van der Waals surface area contributed by atoms with E-state index in [1.54, 1.807) is 17.0 Å². The molecule has 0 spiro atoms. The van der Waals surface area contributed by atoms with E-state index in [9.17, 15) is 19.1 Å². The van der Waals surface area contributed by atoms with Gasteiger partial charge in [-0.1, -0.05) is 36.4 Å². The third-order valence-electron chi connectivity index (χ3n) is 6.41. The van der Waals surface area contributed by atoms with Crippen LogP contribution in [0.3, 0.4) is 0 Å². The molecule has 0 aliphatic carbocycles. The number of hydrogen-bond acceptors (Lipinski definition) is 2. The van der Waals surface area contributed by atoms with Gasteiger partial charge in [0, 0.05) is 18.7 Å². The molecule has 1 aliphatic heterocycles. The fourth-order valence-corrected chi connectivity index (χ4v) is 4.86. The van der Waals surface area contributed by atoms with Gasteiger partial charge >= 0.3 is 5.97 Å². The van der Waals surface area contributed by atoms with E-state index in [1.807, 2.05) is 37.3 Å². The molecule has 164 valence electrons. The molecular weight excluding hydrogens is 405 g/mol. The zero-order valence-electron chi connectivity index (χ0n) is 18.3. The summed E-state index contributed by atoms with van der Waals surface area (Å²) < 4.78 is 13.6. The molecule has 0 radical (unpaired) electrons. The Hall–Kier alpha value is -3.47. The SMILES string of the molecule is Cc1c2c(c(C)c(-c3ccccc3)c1CC(=O)O)CCN(C(=O)c1cccc(F)c1)CC2. The van der Waals surface area contributed by atoms with Crippen LogP contribution in [0.4, 0.5) is 4.39 Å². The Morgan fingerprint density at radius 3 is 2.22 bits per heavy atom. The first kappa shape index (κ1) is 21.8. The lowest BCUT2D eigenvalue weighted by Gasteiger charge is -2.22. The van der Waals surface area contributed by atoms with Crippen molar-refractivity contribution in [2.75, 3.05) is 13.1 Å². The highest BCUT2D eigenvalue weighted by Gasteiger charge is 2.26. The van der Waals surface area contributed by atoms with Crippen LogP contribution in [-0.4, -0.2) is 35.0 Å². The molecule has 3 aromatic rings. The second-order valence-electron chi connectivity index (χ2n) is 8.30. The highest BCUT2D eigenvalue weighted by Crippen LogP contribution is 2.37. The predicted octanol–water partition coefficient (Wildman–Crippen LogP) is 4.98. The Morgan fingerprint density at radius 1 is 0.938 bits per heavy atom. The van der Waals surface area contributed by atoms with Crippen molar-refractivity contribution in [3.05, 3.63) is 93.8 Å². The van der Waals surface area contributed by atoms with E-state index in [-0.39, 0.29) is 12.3 Å². The number of halogens is 1. The maximum atomic E-state index is 13.6. The van der Waals surface area contributed by atoms with E-state index < -0.39 is 11.8 Å². The smallest absolute Gasteiger partial charge is 0.307 e. The van der Waals surface area contributed by atoms with Gasteiger partial charge in [0.05, 0.1) is 6.42 Å². The normalized spacial score (nSPS) is 13.4. The molecule has 0 saturated carbocycles. The standard InChI is InChI=1S/C27H26FNO3/c1-17-22-11-13-29(27(32)20-9-6-10-21(28)15-20)14-12-23(22)18(2)26(24(17)16-25(30)31)19-7-4-3-5-8-19/h3-10,15H,11-14,16H2,1-2H3,(H,30,31). The van der Waals surface area contributed by atoms with Gasteiger partial charge in [0.2, 0.25) is 0 Å². The minimum Gasteiger partial charge on any atom is -0.481 e. The Bertz CT molecular complexity index is 1190. The fourth-order valence-electron chi connectivity index (χ4n) is 4.86. The van der Waals surface area contributed by atoms with Crippen molar-refractivity contribution < 1.29 is 19.1 Å². The molecule has 4 nitrogen and oxygen atoms in total. The average molecular weight is 432 g/mol. The zero-order chi connectivity index (χ0) is 22.8. The summed E-state index contributed by atoms with van der Waals surface area (Å²) >= 11 is 0. The summed E-state index contributed by atoms with van der Waals surface area (Å²) in [6.45, 7) is 5.10. The maximum absolute atomic E-state index is 13.6. The lowest BCUT2D eigenvalue weighted by molar-refractivity contribution is -0.136. The number of carboxylic acids is 1. The van der Waals surface area contributed by atoms with Gasteiger partial charge in [-0.25, -0.2) is 4.39 Å². The molecule has 3 aromatic carbocycles. The van der Waals surface area contributed by atoms with Crippen LogP contribution in [0, 0.1) is 19.7 Å². The van der Waals surface area contributed by atoms with Gasteiger partial charge in [0.15, 0.2) is 0 Å². The lowest BCUT2D eigenvalue weighted by atomic mass is 9.82. The summed E-state index contributed by atoms with van der Waals surface area (Å²) in [7, 11) is 0. The van der Waals surface area contributed by atoms with Crippen LogP contribution in [0.2, 0.25) is 0 Å². The number of hydrogen-bond donors (Lipinski definition) is 1. The summed E-state index contributed by atoms with van der Waals surface area (Å²) in [5.41, 5.74) is 7.56. The van der Waals surface area contributed by atoms with Crippen LogP contribution in [0.25, 0.3) is 11.1 Å². The number of fused-ring (bicyclic) bond motifs is 1. The van der Waals surface area contributed by atoms with Gasteiger partial charge in [-0.05, 0) is 83.8 Å². The molecule has 5 heteroatoms. The zero-order valence-corrected chi connectivity index (χ0v) is 18.3. The van der Waals surface area contributed by atoms with E-state index in [0.29, 0.717) is 31.5 Å². The quantitative estimate of drug-likeness (QED) is 0.634. The molecule has 0 unspecified atom stereocenters. The monoisotopic (exact) mass is 431 g/mol. The number of carbonyl (C=O) groups is 2. The second-order valence-corrected chi connectivity index (χ2v) is 8.30. The lowest BCUT2D eigenvalue weighted by Crippen LogP contribution is -2.33. The van der Waals surface area contributed by atoms with Crippen LogP contribution in [0.1, 0.15) is 38.2 Å². The van der Waals surface area contributed by atoms with Gasteiger partial charge in [-0.3, -0.25) is 9.59 Å². The fraction of sp³-hybridized carbons (Fsp3) is 0.259. The van der Waals surface area contributed by atoms with E-state index in [4.69, 9.17) is 0 Å². The molecule has 4 rings (SSSR count). The van der Waals surface area contributed by atoms with Gasteiger partial charge in [0.25, 0.3) is 5.91 Å². The molecule has 0 aromatic heterocycles. The molecule has 1 N–H and O–H groups in total. The van der Waals surface area contributed by atoms with Crippen molar-refractivity contribution in [2.45, 2.75) is 33.1 Å². The van der Waals surface area contributed by atoms with Crippen LogP contribution < -0.4 is 0 Å². The molecule has 0 saturated heterocycles. The summed E-state index contributed by atoms with van der Waals surface area (Å²) in [6.07, 6.45) is 1.27. The summed E-state index contributed by atoms with van der Waals surface area (Å²) in [4.78, 5) is 26.5. The number of carbonyl (C=O) groups excluding carboxylic acids is 1. The van der Waals surface area contributed by atoms with E-state index in [1.165, 1.54) is 17.7 Å². The highest BCUT2D eigenvalue weighted by atomic mass is 19.1. The Morgan fingerprint density at radius 2 is 1.59 bits per heavy atom. The van der Waals surface area contributed by atoms with Crippen molar-refractivity contribution >= 4 is 11.9 Å². The van der Waals surface area contributed by atoms with Crippen molar-refractivity contribution in [3.63, 3.8) is 0 Å². The van der Waals surface area contributed by atoms with Gasteiger partial charge < -0.3 is 10.0 Å². The molecule has 1 aliphatic rings. The third-order valence-corrected chi connectivity index (χ3v) is 6.41. The number of benzene rings is 3. The van der Waals surface area contributed by atoms with Crippen LogP contribution in [0.15, 0.2) is 54.6 Å². The van der Waals surface area contributed by atoms with E-state index in [0.717, 1.165) is 33.4 Å². The Balaban J connectivity index is 1.75. The second kappa shape index (κ2) is 8.95. The number of nitrogens with zero attached hydrogens (tertiary/aromatic N) is 1. The van der Waals surface area contributed by atoms with Crippen molar-refractivity contribution in [2.24, 2.45) is 0 Å². The molecule has 0 bridgehead atoms. The highest BCUT2D eigenvalue weighted by molar-refractivity contribution is 5.94. The minimum atomic E-state index is -0.860. The average Bonchev–Trinajstić information content (AvgIpc) is 3.01. The molecule has 1 amide bonds. The largest absolute Gasteiger partial charge is 0.481 e. The van der Waals surface area contributed by atoms with E-state index in [2.05, 4.69) is 6.92 Å². The molecule has 1 heterocycles. The molecular formula is C27H26FNO3. The van der Waals surface area contributed by atoms with E-state index >= 15 is 0 Å². The predicted molar refractivity (Wildman–Crippen MR) is 122 cm³/mol. The topological polar surface area (TPSA) is 57.6 Å². The van der Waals surface area contributed by atoms with Crippen LogP contribution in [-0.2, 0) is 24.1 Å². The number of carboxylic acid groups (broad SMARTS) is 1. The first-order valence-electron chi connectivity index (χ1n) is 10.8. The van der Waals surface area contributed by atoms with Crippen molar-refractivity contribution in [1.29, 1.82) is 0 Å². The summed E-state index contributed by atoms with van der Waals surface area (Å²) in [6, 6.07) is 15.7. The van der Waals surface area contributed by atoms with Crippen LogP contribution >= 0.6 is 0 Å². The Labute approximate surface area is 187 Å². The number of aliphatic carboxylic acids is 1. The van der Waals surface area contributed by atoms with Crippen molar-refractivity contribution in [1.82, 2.24) is 4.90 Å². The molecule has 32 heavy (non-hydrogen) atoms. The maximum Gasteiger partial charge on any atom is 0.307 e. The summed E-state index contributed by atoms with van der Waals surface area (Å²) in [5, 5.41) is 9.59. The molecule has 0 fully saturated rings. The summed E-state index contributed by atoms with van der Waals surface area (Å²) in [5.74, 6) is -1.46. The van der Waals surface area contributed by atoms with Gasteiger partial charge in [-0.15, -0.1) is 0 Å². The number of rotatable bonds is 4. The number of amides is 1.